The molecule has 0 aliphatic carbocycles. The van der Waals surface area contributed by atoms with Crippen molar-refractivity contribution in [2.24, 2.45) is 0 Å². The molecule has 60 valence electrons. The Hall–Kier alpha value is 0.270. The van der Waals surface area contributed by atoms with Crippen molar-refractivity contribution in [3.8, 4) is 0 Å². The summed E-state index contributed by atoms with van der Waals surface area (Å²) in [5.41, 5.74) is 0. The average molecular weight is 161 g/mol. The van der Waals surface area contributed by atoms with Crippen molar-refractivity contribution in [3.05, 3.63) is 0 Å². The maximum atomic E-state index is 8.86. The zero-order valence-corrected chi connectivity index (χ0v) is 7.37. The summed E-state index contributed by atoms with van der Waals surface area (Å²) in [7, 11) is 0. The second kappa shape index (κ2) is 3.11. The first-order chi connectivity index (χ1) is 4.64. The number of nitrogens with one attached hydrogen (secondary N) is 1. The Balaban J connectivity index is 2.40. The number of aliphatic hydroxyl groups is 1. The van der Waals surface area contributed by atoms with Gasteiger partial charge in [0, 0.05) is 23.1 Å². The highest BCUT2D eigenvalue weighted by atomic mass is 32.2. The van der Waals surface area contributed by atoms with Crippen LogP contribution in [0.2, 0.25) is 0 Å². The first-order valence-corrected chi connectivity index (χ1v) is 4.51. The first-order valence-electron chi connectivity index (χ1n) is 3.63. The zero-order valence-electron chi connectivity index (χ0n) is 6.55. The fourth-order valence-electron chi connectivity index (χ4n) is 1.17. The summed E-state index contributed by atoms with van der Waals surface area (Å²) in [4.78, 5) is 0. The van der Waals surface area contributed by atoms with Gasteiger partial charge in [-0.05, 0) is 13.8 Å². The van der Waals surface area contributed by atoms with Gasteiger partial charge in [-0.25, -0.2) is 0 Å². The molecule has 0 aromatic rings. The van der Waals surface area contributed by atoms with E-state index in [0.717, 1.165) is 13.1 Å². The maximum absolute atomic E-state index is 8.86. The molecule has 0 amide bonds. The third-order valence-corrected chi connectivity index (χ3v) is 3.04. The van der Waals surface area contributed by atoms with Crippen molar-refractivity contribution < 1.29 is 5.11 Å². The molecule has 1 rings (SSSR count). The lowest BCUT2D eigenvalue weighted by Crippen LogP contribution is -2.44. The van der Waals surface area contributed by atoms with Crippen molar-refractivity contribution in [1.82, 2.24) is 5.32 Å². The number of hydrogen-bond acceptors (Lipinski definition) is 3. The minimum Gasteiger partial charge on any atom is -0.395 e. The fraction of sp³-hybridized carbons (Fsp3) is 1.00. The molecule has 1 aliphatic rings. The second-order valence-electron chi connectivity index (χ2n) is 3.31. The van der Waals surface area contributed by atoms with Crippen LogP contribution >= 0.6 is 11.8 Å². The number of rotatable bonds is 1. The van der Waals surface area contributed by atoms with Gasteiger partial charge in [0.1, 0.15) is 0 Å². The molecule has 1 atom stereocenters. The van der Waals surface area contributed by atoms with Crippen molar-refractivity contribution >= 4 is 11.8 Å². The van der Waals surface area contributed by atoms with E-state index in [1.54, 1.807) is 0 Å². The van der Waals surface area contributed by atoms with Crippen molar-refractivity contribution in [3.63, 3.8) is 0 Å². The summed E-state index contributed by atoms with van der Waals surface area (Å²) in [6.45, 7) is 6.69. The maximum Gasteiger partial charge on any atom is 0.0562 e. The Morgan fingerprint density at radius 3 is 2.80 bits per heavy atom. The van der Waals surface area contributed by atoms with Gasteiger partial charge in [-0.3, -0.25) is 0 Å². The highest BCUT2D eigenvalue weighted by Crippen LogP contribution is 2.30. The van der Waals surface area contributed by atoms with Gasteiger partial charge >= 0.3 is 0 Å². The third kappa shape index (κ3) is 2.15. The van der Waals surface area contributed by atoms with E-state index >= 15 is 0 Å². The Labute approximate surface area is 66.4 Å². The van der Waals surface area contributed by atoms with Crippen LogP contribution < -0.4 is 5.32 Å². The van der Waals surface area contributed by atoms with Crippen LogP contribution in [0.15, 0.2) is 0 Å². The van der Waals surface area contributed by atoms with Crippen LogP contribution in [0.4, 0.5) is 0 Å². The molecular formula is C7H15NOS. The van der Waals surface area contributed by atoms with Gasteiger partial charge in [0.25, 0.3) is 0 Å². The van der Waals surface area contributed by atoms with Gasteiger partial charge < -0.3 is 10.4 Å². The van der Waals surface area contributed by atoms with Crippen molar-refractivity contribution in [1.29, 1.82) is 0 Å². The predicted octanol–water partition coefficient (Wildman–Crippen LogP) is 0.462. The normalized spacial score (nSPS) is 32.1. The molecule has 0 saturated carbocycles. The van der Waals surface area contributed by atoms with Gasteiger partial charge in [0.2, 0.25) is 0 Å². The van der Waals surface area contributed by atoms with Crippen LogP contribution in [0.1, 0.15) is 13.8 Å². The van der Waals surface area contributed by atoms with Crippen molar-refractivity contribution in [2.75, 3.05) is 19.7 Å². The molecule has 1 aliphatic heterocycles. The molecule has 1 heterocycles. The van der Waals surface area contributed by atoms with E-state index in [9.17, 15) is 0 Å². The first kappa shape index (κ1) is 8.37. The fourth-order valence-corrected chi connectivity index (χ4v) is 2.53. The second-order valence-corrected chi connectivity index (χ2v) is 5.32. The molecule has 0 aromatic carbocycles. The Morgan fingerprint density at radius 1 is 1.70 bits per heavy atom. The molecule has 0 radical (unpaired) electrons. The molecule has 1 unspecified atom stereocenters. The van der Waals surface area contributed by atoms with E-state index < -0.39 is 0 Å². The summed E-state index contributed by atoms with van der Waals surface area (Å²) in [5, 5.41) is 12.5. The van der Waals surface area contributed by atoms with E-state index in [1.807, 2.05) is 11.8 Å². The zero-order chi connectivity index (χ0) is 7.61. The van der Waals surface area contributed by atoms with Crippen molar-refractivity contribution in [2.45, 2.75) is 23.8 Å². The molecular weight excluding hydrogens is 146 g/mol. The van der Waals surface area contributed by atoms with Gasteiger partial charge in [-0.1, -0.05) is 0 Å². The largest absolute Gasteiger partial charge is 0.395 e. The predicted molar refractivity (Wildman–Crippen MR) is 45.4 cm³/mol. The summed E-state index contributed by atoms with van der Waals surface area (Å²) in [5.74, 6) is 0. The third-order valence-electron chi connectivity index (χ3n) is 1.61. The Morgan fingerprint density at radius 2 is 2.40 bits per heavy atom. The van der Waals surface area contributed by atoms with E-state index in [2.05, 4.69) is 19.2 Å². The van der Waals surface area contributed by atoms with Gasteiger partial charge in [-0.15, -0.1) is 11.8 Å². The Kier molecular flexibility index (Phi) is 2.61. The van der Waals surface area contributed by atoms with E-state index in [0.29, 0.717) is 16.6 Å². The lowest BCUT2D eigenvalue weighted by molar-refractivity contribution is 0.287. The van der Waals surface area contributed by atoms with Gasteiger partial charge in [-0.2, -0.15) is 0 Å². The molecule has 1 saturated heterocycles. The topological polar surface area (TPSA) is 32.3 Å². The van der Waals surface area contributed by atoms with Gasteiger partial charge in [0.05, 0.1) is 6.61 Å². The van der Waals surface area contributed by atoms with Crippen LogP contribution in [0.3, 0.4) is 0 Å². The highest BCUT2D eigenvalue weighted by Gasteiger charge is 2.27. The van der Waals surface area contributed by atoms with Gasteiger partial charge in [0.15, 0.2) is 0 Å². The van der Waals surface area contributed by atoms with Crippen LogP contribution in [0.5, 0.6) is 0 Å². The smallest absolute Gasteiger partial charge is 0.0562 e. The Bertz CT molecular complexity index is 116. The molecule has 2 nitrogen and oxygen atoms in total. The monoisotopic (exact) mass is 161 g/mol. The minimum absolute atomic E-state index is 0.293. The molecule has 10 heavy (non-hydrogen) atoms. The lowest BCUT2D eigenvalue weighted by atomic mass is 10.2. The molecule has 0 aromatic heterocycles. The summed E-state index contributed by atoms with van der Waals surface area (Å²) < 4.78 is 0.297. The van der Waals surface area contributed by atoms with Crippen LogP contribution in [0.25, 0.3) is 0 Å². The van der Waals surface area contributed by atoms with E-state index in [4.69, 9.17) is 5.11 Å². The quantitative estimate of drug-likeness (QED) is 0.586. The van der Waals surface area contributed by atoms with E-state index in [-0.39, 0.29) is 0 Å². The molecule has 0 spiro atoms. The summed E-state index contributed by atoms with van der Waals surface area (Å²) >= 11 is 1.88. The summed E-state index contributed by atoms with van der Waals surface area (Å²) in [6, 6.07) is 0. The van der Waals surface area contributed by atoms with Crippen LogP contribution in [-0.4, -0.2) is 34.8 Å². The number of thioether (sulfide) groups is 1. The molecule has 1 fully saturated rings. The molecule has 0 bridgehead atoms. The molecule has 3 heteroatoms. The SMILES string of the molecule is CC1(C)CNCC(CO)S1. The van der Waals surface area contributed by atoms with E-state index in [1.165, 1.54) is 0 Å². The minimum atomic E-state index is 0.293. The van der Waals surface area contributed by atoms with Crippen LogP contribution in [0, 0.1) is 0 Å². The summed E-state index contributed by atoms with van der Waals surface area (Å²) in [6.07, 6.45) is 0. The number of aliphatic hydroxyl groups excluding tert-OH is 1. The molecule has 2 N–H and O–H groups in total. The van der Waals surface area contributed by atoms with Crippen LogP contribution in [-0.2, 0) is 0 Å². The standard InChI is InChI=1S/C7H15NOS/c1-7(2)5-8-3-6(4-9)10-7/h6,8-9H,3-5H2,1-2H3. The average Bonchev–Trinajstić information content (AvgIpc) is 1.86. The highest BCUT2D eigenvalue weighted by molar-refractivity contribution is 8.01. The lowest BCUT2D eigenvalue weighted by Gasteiger charge is -2.34. The number of hydrogen-bond donors (Lipinski definition) is 2.